The molecule has 0 saturated carbocycles. The fraction of sp³-hybridized carbons (Fsp3) is 0.833. The van der Waals surface area contributed by atoms with Gasteiger partial charge in [-0.2, -0.15) is 0 Å². The van der Waals surface area contributed by atoms with Crippen LogP contribution in [0.4, 0.5) is 0 Å². The van der Waals surface area contributed by atoms with E-state index in [-0.39, 0.29) is 37.7 Å². The molecule has 0 aliphatic heterocycles. The largest absolute Gasteiger partial charge is 2.00 e. The summed E-state index contributed by atoms with van der Waals surface area (Å²) in [5.74, 6) is -4.43. The van der Waals surface area contributed by atoms with Gasteiger partial charge in [-0.15, -0.1) is 0 Å². The van der Waals surface area contributed by atoms with E-state index >= 15 is 0 Å². The maximum absolute atomic E-state index is 10.2. The van der Waals surface area contributed by atoms with Crippen molar-refractivity contribution in [3.63, 3.8) is 0 Å². The quantitative estimate of drug-likeness (QED) is 0.106. The van der Waals surface area contributed by atoms with Crippen LogP contribution >= 0.6 is 0 Å². The van der Waals surface area contributed by atoms with E-state index in [9.17, 15) is 19.8 Å². The van der Waals surface area contributed by atoms with Crippen LogP contribution in [0.5, 0.6) is 0 Å². The summed E-state index contributed by atoms with van der Waals surface area (Å²) in [6.45, 7) is -1.86. The van der Waals surface area contributed by atoms with E-state index in [0.717, 1.165) is 0 Å². The molecule has 14 N–H and O–H groups in total. The Morgan fingerprint density at radius 1 is 0.724 bits per heavy atom. The standard InChI is InChI=1S/2C6H13NO7.Ca/c2*7-6(14,5(12)13)4(11)3(10)2(9)1-8;/h2*2-4,8-11,14H,1,7H2,(H,12,13);/q;;+2/p-2/t2*2-,3-,4+,6-;/m11./s1. The van der Waals surface area contributed by atoms with Gasteiger partial charge in [0.15, 0.2) is 11.4 Å². The molecule has 0 unspecified atom stereocenters. The van der Waals surface area contributed by atoms with Gasteiger partial charge < -0.3 is 70.9 Å². The number of hydrogen-bond donors (Lipinski definition) is 12. The van der Waals surface area contributed by atoms with Gasteiger partial charge in [0.05, 0.1) is 25.2 Å². The van der Waals surface area contributed by atoms with Crippen molar-refractivity contribution in [2.75, 3.05) is 13.2 Å². The van der Waals surface area contributed by atoms with Gasteiger partial charge in [0.1, 0.15) is 36.6 Å². The Balaban J connectivity index is -0.000000451. The molecule has 0 radical (unpaired) electrons. The van der Waals surface area contributed by atoms with Crippen molar-refractivity contribution in [3.05, 3.63) is 0 Å². The van der Waals surface area contributed by atoms with Crippen molar-refractivity contribution in [2.45, 2.75) is 48.1 Å². The monoisotopic (exact) mass is 460 g/mol. The molecule has 17 heteroatoms. The number of carboxylic acids is 2. The Morgan fingerprint density at radius 2 is 0.931 bits per heavy atom. The summed E-state index contributed by atoms with van der Waals surface area (Å²) in [6.07, 6.45) is -12.6. The average Bonchev–Trinajstić information content (AvgIpc) is 2.63. The minimum absolute atomic E-state index is 0. The van der Waals surface area contributed by atoms with Gasteiger partial charge in [-0.3, -0.25) is 11.5 Å². The summed E-state index contributed by atoms with van der Waals surface area (Å²) in [5.41, 5.74) is 2.98. The van der Waals surface area contributed by atoms with Crippen molar-refractivity contribution in [1.82, 2.24) is 0 Å². The van der Waals surface area contributed by atoms with Crippen LogP contribution < -0.4 is 21.7 Å². The zero-order valence-corrected chi connectivity index (χ0v) is 17.1. The minimum Gasteiger partial charge on any atom is -0.545 e. The van der Waals surface area contributed by atoms with Crippen molar-refractivity contribution < 1.29 is 70.9 Å². The molecule has 0 rings (SSSR count). The first-order valence-corrected chi connectivity index (χ1v) is 7.25. The van der Waals surface area contributed by atoms with Crippen LogP contribution in [0.25, 0.3) is 0 Å². The molecule has 0 amide bonds. The van der Waals surface area contributed by atoms with Crippen LogP contribution in [-0.4, -0.2) is 162 Å². The van der Waals surface area contributed by atoms with Gasteiger partial charge in [0.2, 0.25) is 0 Å². The molecule has 0 fully saturated rings. The first kappa shape index (κ1) is 33.4. The van der Waals surface area contributed by atoms with Gasteiger partial charge in [-0.05, 0) is 0 Å². The number of nitrogens with two attached hydrogens (primary N) is 2. The molecule has 0 bridgehead atoms. The molecule has 0 saturated heterocycles. The summed E-state index contributed by atoms with van der Waals surface area (Å²) in [7, 11) is 0. The number of rotatable bonds is 10. The molecule has 0 heterocycles. The molecule has 0 aromatic carbocycles. The van der Waals surface area contributed by atoms with E-state index in [2.05, 4.69) is 11.5 Å². The summed E-state index contributed by atoms with van der Waals surface area (Å²) < 4.78 is 0. The first-order chi connectivity index (χ1) is 12.5. The summed E-state index contributed by atoms with van der Waals surface area (Å²) in [5, 5.41) is 108. The molecule has 0 spiro atoms. The molecule has 0 aliphatic rings. The smallest absolute Gasteiger partial charge is 0.545 e. The molecular formula is C12H24CaN2O14. The van der Waals surface area contributed by atoms with E-state index in [1.54, 1.807) is 0 Å². The summed E-state index contributed by atoms with van der Waals surface area (Å²) >= 11 is 0. The summed E-state index contributed by atoms with van der Waals surface area (Å²) in [4.78, 5) is 20.4. The fourth-order valence-corrected chi connectivity index (χ4v) is 1.40. The topological polar surface area (TPSA) is 335 Å². The second-order valence-electron chi connectivity index (χ2n) is 5.60. The Morgan fingerprint density at radius 3 is 1.07 bits per heavy atom. The second kappa shape index (κ2) is 13.9. The Kier molecular flexibility index (Phi) is 16.0. The molecule has 16 nitrogen and oxygen atoms in total. The van der Waals surface area contributed by atoms with Crippen LogP contribution in [0.3, 0.4) is 0 Å². The number of aliphatic hydroxyl groups is 10. The molecule has 8 atom stereocenters. The zero-order valence-electron chi connectivity index (χ0n) is 14.8. The molecule has 29 heavy (non-hydrogen) atoms. The third-order valence-corrected chi connectivity index (χ3v) is 3.37. The number of hydrogen-bond acceptors (Lipinski definition) is 16. The van der Waals surface area contributed by atoms with E-state index in [0.29, 0.717) is 0 Å². The van der Waals surface area contributed by atoms with Crippen molar-refractivity contribution in [2.24, 2.45) is 11.5 Å². The Labute approximate surface area is 192 Å². The third-order valence-electron chi connectivity index (χ3n) is 3.37. The van der Waals surface area contributed by atoms with Crippen LogP contribution in [-0.2, 0) is 9.59 Å². The number of carbonyl (C=O) groups is 2. The van der Waals surface area contributed by atoms with Crippen LogP contribution in [0, 0.1) is 0 Å². The predicted molar refractivity (Wildman–Crippen MR) is 84.3 cm³/mol. The number of aliphatic carboxylic acids is 2. The van der Waals surface area contributed by atoms with Crippen molar-refractivity contribution >= 4 is 49.7 Å². The van der Waals surface area contributed by atoms with E-state index in [1.807, 2.05) is 0 Å². The maximum Gasteiger partial charge on any atom is 2.00 e. The zero-order chi connectivity index (χ0) is 23.0. The molecule has 0 aliphatic carbocycles. The Hall–Kier alpha value is -0.280. The first-order valence-electron chi connectivity index (χ1n) is 7.25. The van der Waals surface area contributed by atoms with Gasteiger partial charge in [0.25, 0.3) is 0 Å². The minimum atomic E-state index is -3.20. The van der Waals surface area contributed by atoms with E-state index in [4.69, 9.17) is 51.1 Å². The summed E-state index contributed by atoms with van der Waals surface area (Å²) in [6, 6.07) is 0. The van der Waals surface area contributed by atoms with Crippen molar-refractivity contribution in [3.8, 4) is 0 Å². The average molecular weight is 460 g/mol. The van der Waals surface area contributed by atoms with E-state index in [1.165, 1.54) is 0 Å². The molecule has 168 valence electrons. The van der Waals surface area contributed by atoms with E-state index < -0.39 is 73.2 Å². The van der Waals surface area contributed by atoms with Gasteiger partial charge in [-0.25, -0.2) is 0 Å². The van der Waals surface area contributed by atoms with Gasteiger partial charge in [0, 0.05) is 0 Å². The molecule has 0 aromatic heterocycles. The van der Waals surface area contributed by atoms with Crippen LogP contribution in [0.1, 0.15) is 0 Å². The second-order valence-corrected chi connectivity index (χ2v) is 5.60. The Bertz CT molecular complexity index is 463. The fourth-order valence-electron chi connectivity index (χ4n) is 1.40. The van der Waals surface area contributed by atoms with Gasteiger partial charge in [-0.1, -0.05) is 0 Å². The SMILES string of the molecule is N[C@](O)(C(=O)[O-])[C@@H](O)[C@H](O)[C@H](O)CO.N[C@](O)(C(=O)[O-])[C@@H](O)[C@H](O)[C@H](O)CO.[Ca+2]. The van der Waals surface area contributed by atoms with Gasteiger partial charge >= 0.3 is 37.7 Å². The third kappa shape index (κ3) is 9.59. The predicted octanol–water partition coefficient (Wildman–Crippen LogP) is -11.5. The number of carboxylic acid groups (broad SMARTS) is 2. The normalized spacial score (nSPS) is 21.4. The van der Waals surface area contributed by atoms with Crippen molar-refractivity contribution in [1.29, 1.82) is 0 Å². The van der Waals surface area contributed by atoms with Crippen LogP contribution in [0.2, 0.25) is 0 Å². The molecule has 0 aromatic rings. The van der Waals surface area contributed by atoms with Crippen LogP contribution in [0.15, 0.2) is 0 Å². The maximum atomic E-state index is 10.2. The number of aliphatic hydroxyl groups excluding tert-OH is 8. The molecular weight excluding hydrogens is 436 g/mol. The number of carbonyl (C=O) groups excluding carboxylic acids is 2.